The van der Waals surface area contributed by atoms with Gasteiger partial charge in [0.1, 0.15) is 6.20 Å². The van der Waals surface area contributed by atoms with E-state index in [1.165, 1.54) is 12.1 Å². The highest BCUT2D eigenvalue weighted by atomic mass is 19.4. The fraction of sp³-hybridized carbons (Fsp3) is 0.250. The van der Waals surface area contributed by atoms with Crippen LogP contribution in [0.3, 0.4) is 0 Å². The predicted octanol–water partition coefficient (Wildman–Crippen LogP) is 0.382. The third kappa shape index (κ3) is 2.83. The minimum absolute atomic E-state index is 0.0902. The van der Waals surface area contributed by atoms with Gasteiger partial charge in [0.2, 0.25) is 0 Å². The van der Waals surface area contributed by atoms with E-state index in [2.05, 4.69) is 4.84 Å². The number of aromatic nitrogens is 1. The zero-order valence-corrected chi connectivity index (χ0v) is 7.71. The minimum atomic E-state index is -5.04. The van der Waals surface area contributed by atoms with E-state index in [9.17, 15) is 18.0 Å². The molecule has 0 atom stereocenters. The van der Waals surface area contributed by atoms with Gasteiger partial charge >= 0.3 is 18.0 Å². The van der Waals surface area contributed by atoms with Crippen LogP contribution in [0.1, 0.15) is 5.56 Å². The highest BCUT2D eigenvalue weighted by Gasteiger charge is 2.43. The molecule has 0 aliphatic carbocycles. The lowest BCUT2D eigenvalue weighted by Crippen LogP contribution is -2.51. The van der Waals surface area contributed by atoms with Crippen LogP contribution in [-0.4, -0.2) is 12.1 Å². The molecule has 0 radical (unpaired) electrons. The average molecular weight is 221 g/mol. The Kier molecular flexibility index (Phi) is 2.83. The normalized spacial score (nSPS) is 11.2. The maximum atomic E-state index is 11.8. The van der Waals surface area contributed by atoms with E-state index in [1.54, 1.807) is 6.92 Å². The Labute approximate surface area is 83.0 Å². The predicted molar refractivity (Wildman–Crippen MR) is 43.4 cm³/mol. The van der Waals surface area contributed by atoms with E-state index < -0.39 is 12.1 Å². The van der Waals surface area contributed by atoms with Crippen molar-refractivity contribution in [3.63, 3.8) is 0 Å². The molecule has 1 rings (SSSR count). The van der Waals surface area contributed by atoms with Crippen molar-refractivity contribution in [2.75, 3.05) is 5.73 Å². The molecule has 2 N–H and O–H groups in total. The van der Waals surface area contributed by atoms with Crippen molar-refractivity contribution in [2.24, 2.45) is 0 Å². The number of rotatable bonds is 1. The molecule has 4 nitrogen and oxygen atoms in total. The first-order chi connectivity index (χ1) is 6.80. The van der Waals surface area contributed by atoms with Gasteiger partial charge in [-0.15, -0.1) is 0 Å². The number of hydrogen-bond donors (Lipinski definition) is 1. The molecule has 0 aliphatic rings. The molecule has 1 aromatic heterocycles. The topological polar surface area (TPSA) is 56.2 Å². The number of nitrogens with zero attached hydrogens (tertiary/aromatic N) is 1. The number of carbonyl (C=O) groups excluding carboxylic acids is 1. The average Bonchev–Trinajstić information content (AvgIpc) is 2.08. The second-order valence-corrected chi connectivity index (χ2v) is 2.83. The standard InChI is InChI=1S/C8H7F3N2O2/c1-5-2-3-13(6(12)4-5)15-7(14)8(9,10)11/h2-4,12H,1H3/p+1. The lowest BCUT2D eigenvalue weighted by molar-refractivity contribution is -0.859. The summed E-state index contributed by atoms with van der Waals surface area (Å²) in [7, 11) is 0. The van der Waals surface area contributed by atoms with Gasteiger partial charge < -0.3 is 0 Å². The molecule has 7 heteroatoms. The summed E-state index contributed by atoms with van der Waals surface area (Å²) < 4.78 is 36.0. The van der Waals surface area contributed by atoms with Crippen LogP contribution < -0.4 is 15.3 Å². The molecule has 0 amide bonds. The molecule has 0 saturated heterocycles. The van der Waals surface area contributed by atoms with Crippen molar-refractivity contribution in [3.8, 4) is 0 Å². The minimum Gasteiger partial charge on any atom is -0.284 e. The first kappa shape index (κ1) is 11.3. The fourth-order valence-electron chi connectivity index (χ4n) is 0.841. The van der Waals surface area contributed by atoms with Gasteiger partial charge in [-0.2, -0.15) is 13.2 Å². The maximum absolute atomic E-state index is 11.8. The van der Waals surface area contributed by atoms with Gasteiger partial charge in [-0.25, -0.2) is 9.63 Å². The molecular formula is C8H8F3N2O2+. The number of nitrogens with two attached hydrogens (primary N) is 1. The number of alkyl halides is 3. The Bertz CT molecular complexity index is 390. The summed E-state index contributed by atoms with van der Waals surface area (Å²) in [5.41, 5.74) is 6.07. The summed E-state index contributed by atoms with van der Waals surface area (Å²) in [4.78, 5) is 14.4. The molecule has 1 heterocycles. The van der Waals surface area contributed by atoms with Gasteiger partial charge in [-0.1, -0.05) is 0 Å². The van der Waals surface area contributed by atoms with Crippen molar-refractivity contribution in [1.29, 1.82) is 0 Å². The van der Waals surface area contributed by atoms with Gasteiger partial charge in [0.05, 0.1) is 0 Å². The molecule has 0 fully saturated rings. The van der Waals surface area contributed by atoms with E-state index >= 15 is 0 Å². The molecule has 0 aliphatic heterocycles. The third-order valence-electron chi connectivity index (χ3n) is 1.52. The van der Waals surface area contributed by atoms with E-state index in [4.69, 9.17) is 5.73 Å². The van der Waals surface area contributed by atoms with Gasteiger partial charge in [-0.05, 0) is 23.3 Å². The van der Waals surface area contributed by atoms with Crippen molar-refractivity contribution >= 4 is 11.8 Å². The highest BCUT2D eigenvalue weighted by Crippen LogP contribution is 2.14. The van der Waals surface area contributed by atoms with E-state index in [1.807, 2.05) is 0 Å². The van der Waals surface area contributed by atoms with Crippen molar-refractivity contribution in [1.82, 2.24) is 0 Å². The summed E-state index contributed by atoms with van der Waals surface area (Å²) in [6.45, 7) is 1.70. The zero-order valence-electron chi connectivity index (χ0n) is 7.71. The number of carbonyl (C=O) groups is 1. The highest BCUT2D eigenvalue weighted by molar-refractivity contribution is 5.75. The second-order valence-electron chi connectivity index (χ2n) is 2.83. The maximum Gasteiger partial charge on any atom is 0.495 e. The van der Waals surface area contributed by atoms with E-state index in [0.29, 0.717) is 4.73 Å². The molecule has 1 aromatic rings. The Hall–Kier alpha value is -1.79. The van der Waals surface area contributed by atoms with Crippen LogP contribution >= 0.6 is 0 Å². The van der Waals surface area contributed by atoms with Crippen LogP contribution in [0.5, 0.6) is 0 Å². The molecule has 0 bridgehead atoms. The van der Waals surface area contributed by atoms with E-state index in [-0.39, 0.29) is 5.82 Å². The first-order valence-corrected chi connectivity index (χ1v) is 3.88. The Morgan fingerprint density at radius 1 is 1.53 bits per heavy atom. The summed E-state index contributed by atoms with van der Waals surface area (Å²) >= 11 is 0. The number of halogens is 3. The van der Waals surface area contributed by atoms with Gasteiger partial charge in [0.25, 0.3) is 0 Å². The van der Waals surface area contributed by atoms with Crippen LogP contribution in [0, 0.1) is 6.92 Å². The van der Waals surface area contributed by atoms with Crippen molar-refractivity contribution in [2.45, 2.75) is 13.1 Å². The van der Waals surface area contributed by atoms with Crippen molar-refractivity contribution in [3.05, 3.63) is 23.9 Å². The van der Waals surface area contributed by atoms with Crippen molar-refractivity contribution < 1.29 is 27.5 Å². The molecule has 0 aromatic carbocycles. The second kappa shape index (κ2) is 3.76. The number of nitrogen functional groups attached to an aromatic ring is 1. The molecular weight excluding hydrogens is 213 g/mol. The summed E-state index contributed by atoms with van der Waals surface area (Å²) in [5, 5.41) is 0. The zero-order chi connectivity index (χ0) is 11.6. The largest absolute Gasteiger partial charge is 0.495 e. The summed E-state index contributed by atoms with van der Waals surface area (Å²) in [5.74, 6) is -2.41. The van der Waals surface area contributed by atoms with E-state index in [0.717, 1.165) is 11.8 Å². The number of hydrogen-bond acceptors (Lipinski definition) is 3. The van der Waals surface area contributed by atoms with Crippen LogP contribution in [0.2, 0.25) is 0 Å². The summed E-state index contributed by atoms with van der Waals surface area (Å²) in [6.07, 6.45) is -3.90. The van der Waals surface area contributed by atoms with Gasteiger partial charge in [-0.3, -0.25) is 5.73 Å². The molecule has 15 heavy (non-hydrogen) atoms. The SMILES string of the molecule is Cc1cc[n+](OC(=O)C(F)(F)F)c(N)c1. The molecule has 0 spiro atoms. The monoisotopic (exact) mass is 221 g/mol. The van der Waals surface area contributed by atoms with Gasteiger partial charge in [0, 0.05) is 6.07 Å². The number of pyridine rings is 1. The lowest BCUT2D eigenvalue weighted by atomic mass is 10.3. The smallest absolute Gasteiger partial charge is 0.284 e. The Morgan fingerprint density at radius 2 is 2.13 bits per heavy atom. The molecule has 0 saturated carbocycles. The number of anilines is 1. The first-order valence-electron chi connectivity index (χ1n) is 3.88. The van der Waals surface area contributed by atoms with Crippen LogP contribution in [0.15, 0.2) is 18.3 Å². The quantitative estimate of drug-likeness (QED) is 0.697. The van der Waals surface area contributed by atoms with Crippen LogP contribution in [0.25, 0.3) is 0 Å². The molecule has 0 unspecified atom stereocenters. The van der Waals surface area contributed by atoms with Crippen LogP contribution in [-0.2, 0) is 4.79 Å². The van der Waals surface area contributed by atoms with Gasteiger partial charge in [0.15, 0.2) is 0 Å². The summed E-state index contributed by atoms with van der Waals surface area (Å²) in [6, 6.07) is 2.84. The Morgan fingerprint density at radius 3 is 2.60 bits per heavy atom. The lowest BCUT2D eigenvalue weighted by Gasteiger charge is -2.04. The third-order valence-corrected chi connectivity index (χ3v) is 1.52. The fourth-order valence-corrected chi connectivity index (χ4v) is 0.841. The Balaban J connectivity index is 2.87. The van der Waals surface area contributed by atoms with Crippen LogP contribution in [0.4, 0.5) is 19.0 Å². The number of aryl methyl sites for hydroxylation is 1. The molecule has 82 valence electrons.